The average molecular weight is 280 g/mol. The van der Waals surface area contributed by atoms with E-state index in [4.69, 9.17) is 16.3 Å². The molecular formula is C14H14ClNO3. The number of carbonyl (C=O) groups is 2. The molecule has 1 unspecified atom stereocenters. The van der Waals surface area contributed by atoms with Crippen LogP contribution < -0.4 is 0 Å². The highest BCUT2D eigenvalue weighted by Gasteiger charge is 2.50. The van der Waals surface area contributed by atoms with Gasteiger partial charge in [-0.2, -0.15) is 0 Å². The van der Waals surface area contributed by atoms with Crippen LogP contribution in [-0.4, -0.2) is 29.5 Å². The second-order valence-corrected chi connectivity index (χ2v) is 4.82. The third kappa shape index (κ3) is 1.97. The molecule has 1 aliphatic heterocycles. The summed E-state index contributed by atoms with van der Waals surface area (Å²) in [6.45, 7) is 3.33. The van der Waals surface area contributed by atoms with Gasteiger partial charge in [0, 0.05) is 18.2 Å². The smallest absolute Gasteiger partial charge is 0.274 e. The summed E-state index contributed by atoms with van der Waals surface area (Å²) in [7, 11) is 1.44. The fourth-order valence-corrected chi connectivity index (χ4v) is 2.32. The van der Waals surface area contributed by atoms with Crippen LogP contribution in [0.1, 0.15) is 24.2 Å². The lowest BCUT2D eigenvalue weighted by Gasteiger charge is -2.33. The molecule has 2 amide bonds. The van der Waals surface area contributed by atoms with Gasteiger partial charge in [0.1, 0.15) is 5.03 Å². The number of benzene rings is 1. The second kappa shape index (κ2) is 4.79. The summed E-state index contributed by atoms with van der Waals surface area (Å²) in [5.74, 6) is -0.956. The minimum atomic E-state index is -1.14. The molecule has 0 bridgehead atoms. The van der Waals surface area contributed by atoms with Gasteiger partial charge in [0.25, 0.3) is 11.8 Å². The highest BCUT2D eigenvalue weighted by molar-refractivity contribution is 6.44. The molecule has 0 N–H and O–H groups in total. The Morgan fingerprint density at radius 2 is 1.89 bits per heavy atom. The Morgan fingerprint density at radius 1 is 1.32 bits per heavy atom. The summed E-state index contributed by atoms with van der Waals surface area (Å²) in [6.07, 6.45) is 0. The van der Waals surface area contributed by atoms with Crippen LogP contribution in [0.25, 0.3) is 0 Å². The van der Waals surface area contributed by atoms with E-state index in [-0.39, 0.29) is 5.03 Å². The van der Waals surface area contributed by atoms with Crippen molar-refractivity contribution in [1.29, 1.82) is 0 Å². The van der Waals surface area contributed by atoms with Crippen molar-refractivity contribution in [3.63, 3.8) is 0 Å². The fraction of sp³-hybridized carbons (Fsp3) is 0.286. The van der Waals surface area contributed by atoms with Gasteiger partial charge in [-0.3, -0.25) is 9.59 Å². The van der Waals surface area contributed by atoms with Crippen LogP contribution in [0.5, 0.6) is 0 Å². The zero-order chi connectivity index (χ0) is 14.2. The molecule has 5 heteroatoms. The van der Waals surface area contributed by atoms with E-state index < -0.39 is 17.5 Å². The van der Waals surface area contributed by atoms with Gasteiger partial charge in [0.15, 0.2) is 5.72 Å². The van der Waals surface area contributed by atoms with Crippen molar-refractivity contribution in [1.82, 2.24) is 4.90 Å². The van der Waals surface area contributed by atoms with Gasteiger partial charge in [-0.1, -0.05) is 29.8 Å². The minimum Gasteiger partial charge on any atom is -0.355 e. The number of imide groups is 1. The molecule has 1 aromatic rings. The van der Waals surface area contributed by atoms with E-state index in [9.17, 15) is 9.59 Å². The van der Waals surface area contributed by atoms with Crippen LogP contribution in [0.15, 0.2) is 40.9 Å². The first-order chi connectivity index (χ1) is 8.93. The first-order valence-corrected chi connectivity index (χ1v) is 6.17. The number of hydrogen-bond donors (Lipinski definition) is 0. The Labute approximate surface area is 116 Å². The minimum absolute atomic E-state index is 0.0358. The van der Waals surface area contributed by atoms with Crippen LogP contribution in [0.2, 0.25) is 0 Å². The van der Waals surface area contributed by atoms with Crippen LogP contribution in [0, 0.1) is 0 Å². The number of halogens is 1. The Kier molecular flexibility index (Phi) is 3.47. The number of hydrogen-bond acceptors (Lipinski definition) is 3. The van der Waals surface area contributed by atoms with E-state index >= 15 is 0 Å². The van der Waals surface area contributed by atoms with Gasteiger partial charge < -0.3 is 4.74 Å². The molecular weight excluding hydrogens is 266 g/mol. The number of nitrogens with zero attached hydrogens (tertiary/aromatic N) is 1. The Bertz CT molecular complexity index is 567. The molecule has 1 heterocycles. The molecule has 19 heavy (non-hydrogen) atoms. The summed E-state index contributed by atoms with van der Waals surface area (Å²) >= 11 is 5.96. The van der Waals surface area contributed by atoms with Crippen molar-refractivity contribution in [3.05, 3.63) is 46.5 Å². The third-order valence-corrected chi connectivity index (χ3v) is 3.91. The molecule has 100 valence electrons. The summed E-state index contributed by atoms with van der Waals surface area (Å²) in [5.41, 5.74) is -0.189. The number of methoxy groups -OCH3 is 1. The van der Waals surface area contributed by atoms with Crippen LogP contribution in [0.3, 0.4) is 0 Å². The third-order valence-electron chi connectivity index (χ3n) is 3.46. The number of ether oxygens (including phenoxy) is 1. The predicted octanol–water partition coefficient (Wildman–Crippen LogP) is 2.54. The van der Waals surface area contributed by atoms with Gasteiger partial charge in [-0.05, 0) is 26.0 Å². The SMILES string of the molecule is COC1(C)C(C)=C(Cl)C(=O)N1C(=O)c1ccccc1. The van der Waals surface area contributed by atoms with Gasteiger partial charge in [0.2, 0.25) is 0 Å². The van der Waals surface area contributed by atoms with Crippen molar-refractivity contribution >= 4 is 23.4 Å². The summed E-state index contributed by atoms with van der Waals surface area (Å²) in [4.78, 5) is 25.7. The zero-order valence-corrected chi connectivity index (χ0v) is 11.7. The Hall–Kier alpha value is -1.65. The summed E-state index contributed by atoms with van der Waals surface area (Å²) in [6, 6.07) is 8.56. The van der Waals surface area contributed by atoms with Gasteiger partial charge in [-0.15, -0.1) is 0 Å². The van der Waals surface area contributed by atoms with Gasteiger partial charge in [-0.25, -0.2) is 4.90 Å². The molecule has 0 saturated carbocycles. The maximum atomic E-state index is 12.5. The highest BCUT2D eigenvalue weighted by atomic mass is 35.5. The molecule has 1 aromatic carbocycles. The maximum absolute atomic E-state index is 12.5. The molecule has 1 aliphatic rings. The molecule has 4 nitrogen and oxygen atoms in total. The lowest BCUT2D eigenvalue weighted by Crippen LogP contribution is -2.50. The normalized spacial score (nSPS) is 23.2. The lowest BCUT2D eigenvalue weighted by molar-refractivity contribution is -0.137. The molecule has 0 saturated heterocycles. The highest BCUT2D eigenvalue weighted by Crippen LogP contribution is 2.38. The molecule has 0 spiro atoms. The lowest BCUT2D eigenvalue weighted by atomic mass is 10.1. The van der Waals surface area contributed by atoms with Crippen molar-refractivity contribution in [3.8, 4) is 0 Å². The van der Waals surface area contributed by atoms with Crippen LogP contribution in [0.4, 0.5) is 0 Å². The summed E-state index contributed by atoms with van der Waals surface area (Å²) < 4.78 is 5.35. The van der Waals surface area contributed by atoms with Crippen LogP contribution >= 0.6 is 11.6 Å². The predicted molar refractivity (Wildman–Crippen MR) is 71.6 cm³/mol. The molecule has 0 aliphatic carbocycles. The Balaban J connectivity index is 2.46. The molecule has 2 rings (SSSR count). The van der Waals surface area contributed by atoms with E-state index in [2.05, 4.69) is 0 Å². The molecule has 0 aromatic heterocycles. The standard InChI is InChI=1S/C14H14ClNO3/c1-9-11(15)13(18)16(14(9,2)19-3)12(17)10-7-5-4-6-8-10/h4-8H,1-3H3. The largest absolute Gasteiger partial charge is 0.355 e. The van der Waals surface area contributed by atoms with Crippen LogP contribution in [-0.2, 0) is 9.53 Å². The maximum Gasteiger partial charge on any atom is 0.274 e. The quantitative estimate of drug-likeness (QED) is 0.782. The van der Waals surface area contributed by atoms with Crippen molar-refractivity contribution in [2.75, 3.05) is 7.11 Å². The average Bonchev–Trinajstić information content (AvgIpc) is 2.61. The number of carbonyl (C=O) groups excluding carboxylic acids is 2. The topological polar surface area (TPSA) is 46.6 Å². The van der Waals surface area contributed by atoms with E-state index in [1.165, 1.54) is 7.11 Å². The molecule has 0 radical (unpaired) electrons. The molecule has 1 atom stereocenters. The summed E-state index contributed by atoms with van der Waals surface area (Å²) in [5, 5.41) is 0.0358. The second-order valence-electron chi connectivity index (χ2n) is 4.44. The zero-order valence-electron chi connectivity index (χ0n) is 10.9. The van der Waals surface area contributed by atoms with Gasteiger partial charge >= 0.3 is 0 Å². The van der Waals surface area contributed by atoms with E-state index in [1.54, 1.807) is 44.2 Å². The van der Waals surface area contributed by atoms with E-state index in [0.717, 1.165) is 4.90 Å². The molecule has 0 fully saturated rings. The Morgan fingerprint density at radius 3 is 2.42 bits per heavy atom. The van der Waals surface area contributed by atoms with Gasteiger partial charge in [0.05, 0.1) is 0 Å². The first-order valence-electron chi connectivity index (χ1n) is 5.79. The first kappa shape index (κ1) is 13.8. The monoisotopic (exact) mass is 279 g/mol. The van der Waals surface area contributed by atoms with Crippen molar-refractivity contribution in [2.24, 2.45) is 0 Å². The number of amides is 2. The van der Waals surface area contributed by atoms with Crippen molar-refractivity contribution in [2.45, 2.75) is 19.6 Å². The number of rotatable bonds is 2. The van der Waals surface area contributed by atoms with E-state index in [1.807, 2.05) is 0 Å². The van der Waals surface area contributed by atoms with Crippen molar-refractivity contribution < 1.29 is 14.3 Å². The van der Waals surface area contributed by atoms with E-state index in [0.29, 0.717) is 11.1 Å². The fourth-order valence-electron chi connectivity index (χ4n) is 2.06.